The van der Waals surface area contributed by atoms with Crippen LogP contribution in [0.2, 0.25) is 0 Å². The first-order valence-corrected chi connectivity index (χ1v) is 11.8. The van der Waals surface area contributed by atoms with E-state index in [1.807, 2.05) is 5.43 Å². The molecule has 0 radical (unpaired) electrons. The van der Waals surface area contributed by atoms with E-state index < -0.39 is 45.1 Å². The smallest absolute Gasteiger partial charge is 0.271 e. The summed E-state index contributed by atoms with van der Waals surface area (Å²) in [5.41, 5.74) is 0.901. The molecule has 1 fully saturated rings. The second-order valence-electron chi connectivity index (χ2n) is 8.01. The van der Waals surface area contributed by atoms with Crippen LogP contribution in [0, 0.1) is 20.2 Å². The Morgan fingerprint density at radius 1 is 1.08 bits per heavy atom. The average Bonchev–Trinajstić information content (AvgIpc) is 3.55. The number of carbonyl (C=O) groups is 2. The predicted molar refractivity (Wildman–Crippen MR) is 127 cm³/mol. The van der Waals surface area contributed by atoms with Crippen LogP contribution in [-0.2, 0) is 11.0 Å². The number of nitrogens with one attached hydrogen (secondary N) is 2. The highest BCUT2D eigenvalue weighted by molar-refractivity contribution is 7.97. The zero-order chi connectivity index (χ0) is 28.3. The van der Waals surface area contributed by atoms with Gasteiger partial charge in [-0.25, -0.2) is 14.0 Å². The Morgan fingerprint density at radius 3 is 2.44 bits per heavy atom. The van der Waals surface area contributed by atoms with Gasteiger partial charge >= 0.3 is 11.9 Å². The van der Waals surface area contributed by atoms with Gasteiger partial charge in [0.2, 0.25) is 0 Å². The Labute approximate surface area is 220 Å². The van der Waals surface area contributed by atoms with E-state index in [9.17, 15) is 43.0 Å². The molecule has 0 saturated carbocycles. The van der Waals surface area contributed by atoms with E-state index in [4.69, 9.17) is 0 Å². The minimum absolute atomic E-state index is 0.0553. The van der Waals surface area contributed by atoms with Crippen molar-refractivity contribution in [1.82, 2.24) is 29.9 Å². The normalized spacial score (nSPS) is 15.6. The van der Waals surface area contributed by atoms with Crippen molar-refractivity contribution in [3.63, 3.8) is 0 Å². The number of benzene rings is 1. The number of carbonyl (C=O) groups excluding carboxylic acids is 2. The largest absolute Gasteiger partial charge is 0.434 e. The van der Waals surface area contributed by atoms with Crippen molar-refractivity contribution in [2.75, 3.05) is 6.54 Å². The maximum absolute atomic E-state index is 13.9. The van der Waals surface area contributed by atoms with Crippen molar-refractivity contribution in [3.05, 3.63) is 80.3 Å². The summed E-state index contributed by atoms with van der Waals surface area (Å²) >= 11 is 0.886. The molecule has 2 N–H and O–H groups in total. The number of nitro groups is 2. The highest BCUT2D eigenvalue weighted by Crippen LogP contribution is 2.35. The van der Waals surface area contributed by atoms with Crippen LogP contribution in [0.5, 0.6) is 0 Å². The van der Waals surface area contributed by atoms with E-state index in [0.717, 1.165) is 36.2 Å². The Morgan fingerprint density at radius 2 is 1.79 bits per heavy atom. The number of pyridine rings is 1. The van der Waals surface area contributed by atoms with Gasteiger partial charge in [0.1, 0.15) is 6.04 Å². The lowest BCUT2D eigenvalue weighted by molar-refractivity contribution is -0.388. The number of non-ortho nitro benzene ring substituents is 1. The maximum atomic E-state index is 13.9. The van der Waals surface area contributed by atoms with Gasteiger partial charge in [-0.2, -0.15) is 18.3 Å². The highest BCUT2D eigenvalue weighted by Gasteiger charge is 2.41. The quantitative estimate of drug-likeness (QED) is 0.245. The lowest BCUT2D eigenvalue weighted by Gasteiger charge is -2.22. The van der Waals surface area contributed by atoms with Gasteiger partial charge in [-0.1, -0.05) is 0 Å². The van der Waals surface area contributed by atoms with Gasteiger partial charge in [0.25, 0.3) is 17.5 Å². The number of amides is 2. The molecule has 1 aliphatic rings. The van der Waals surface area contributed by atoms with Crippen LogP contribution in [0.4, 0.5) is 24.5 Å². The van der Waals surface area contributed by atoms with Gasteiger partial charge in [0.15, 0.2) is 10.7 Å². The zero-order valence-electron chi connectivity index (χ0n) is 19.5. The van der Waals surface area contributed by atoms with E-state index in [1.54, 1.807) is 0 Å². The van der Waals surface area contributed by atoms with Crippen LogP contribution in [-0.4, -0.2) is 53.3 Å². The molecular formula is C21H17F3N8O6S. The molecule has 1 aliphatic heterocycles. The Balaban J connectivity index is 1.48. The number of hydrogen-bond acceptors (Lipinski definition) is 10. The van der Waals surface area contributed by atoms with Crippen molar-refractivity contribution >= 4 is 35.1 Å². The van der Waals surface area contributed by atoms with Crippen molar-refractivity contribution < 1.29 is 32.6 Å². The second-order valence-corrected chi connectivity index (χ2v) is 9.05. The molecule has 18 heteroatoms. The van der Waals surface area contributed by atoms with Gasteiger partial charge in [-0.3, -0.25) is 40.7 Å². The molecule has 14 nitrogen and oxygen atoms in total. The Kier molecular flexibility index (Phi) is 7.77. The minimum Gasteiger partial charge on any atom is -0.271 e. The monoisotopic (exact) mass is 566 g/mol. The molecule has 1 saturated heterocycles. The summed E-state index contributed by atoms with van der Waals surface area (Å²) in [5, 5.41) is 25.7. The number of alkyl halides is 3. The fraction of sp³-hybridized carbons (Fsp3) is 0.238. The average molecular weight is 566 g/mol. The summed E-state index contributed by atoms with van der Waals surface area (Å²) < 4.78 is 43.6. The van der Waals surface area contributed by atoms with Crippen molar-refractivity contribution in [1.29, 1.82) is 0 Å². The minimum atomic E-state index is -5.05. The predicted octanol–water partition coefficient (Wildman–Crippen LogP) is 3.04. The van der Waals surface area contributed by atoms with E-state index in [0.29, 0.717) is 30.3 Å². The molecule has 3 aromatic rings. The molecule has 1 aromatic carbocycles. The number of halogens is 3. The van der Waals surface area contributed by atoms with E-state index >= 15 is 0 Å². The Hall–Kier alpha value is -4.58. The summed E-state index contributed by atoms with van der Waals surface area (Å²) in [6, 6.07) is 5.86. The Bertz CT molecular complexity index is 1430. The third kappa shape index (κ3) is 5.96. The van der Waals surface area contributed by atoms with Crippen LogP contribution in [0.15, 0.2) is 53.8 Å². The number of rotatable bonds is 7. The molecule has 2 aromatic heterocycles. The van der Waals surface area contributed by atoms with Crippen LogP contribution in [0.3, 0.4) is 0 Å². The summed E-state index contributed by atoms with van der Waals surface area (Å²) in [5.74, 6) is -2.05. The summed E-state index contributed by atoms with van der Waals surface area (Å²) in [4.78, 5) is 50.1. The number of nitro benzene ring substituents is 1. The number of aromatic nitrogens is 3. The molecule has 39 heavy (non-hydrogen) atoms. The maximum Gasteiger partial charge on any atom is 0.434 e. The van der Waals surface area contributed by atoms with Gasteiger partial charge in [-0.15, -0.1) is 0 Å². The zero-order valence-corrected chi connectivity index (χ0v) is 20.3. The summed E-state index contributed by atoms with van der Waals surface area (Å²) in [6.07, 6.45) is -2.17. The molecule has 3 heterocycles. The van der Waals surface area contributed by atoms with E-state index in [1.165, 1.54) is 22.6 Å². The first kappa shape index (κ1) is 27.5. The third-order valence-electron chi connectivity index (χ3n) is 5.54. The molecule has 1 atom stereocenters. The van der Waals surface area contributed by atoms with Gasteiger partial charge in [0, 0.05) is 30.9 Å². The fourth-order valence-electron chi connectivity index (χ4n) is 3.78. The van der Waals surface area contributed by atoms with Crippen LogP contribution >= 0.6 is 11.9 Å². The van der Waals surface area contributed by atoms with Crippen LogP contribution in [0.1, 0.15) is 28.9 Å². The van der Waals surface area contributed by atoms with Gasteiger partial charge in [-0.05, 0) is 43.0 Å². The van der Waals surface area contributed by atoms with E-state index in [-0.39, 0.29) is 22.1 Å². The summed E-state index contributed by atoms with van der Waals surface area (Å²) in [6.45, 7) is 0.366. The van der Waals surface area contributed by atoms with Gasteiger partial charge in [0.05, 0.1) is 27.3 Å². The van der Waals surface area contributed by atoms with Crippen molar-refractivity contribution in [2.24, 2.45) is 0 Å². The molecule has 2 amide bonds. The first-order valence-electron chi connectivity index (χ1n) is 11.0. The molecule has 1 unspecified atom stereocenters. The third-order valence-corrected chi connectivity index (χ3v) is 6.70. The number of hydrogen-bond donors (Lipinski definition) is 2. The van der Waals surface area contributed by atoms with Gasteiger partial charge < -0.3 is 0 Å². The van der Waals surface area contributed by atoms with Crippen LogP contribution < -0.4 is 10.9 Å². The second kappa shape index (κ2) is 11.0. The van der Waals surface area contributed by atoms with E-state index in [2.05, 4.69) is 15.5 Å². The SMILES string of the molecule is O=C(NNC(=O)C1CCCN1Sc1ncccc1[N+](=O)[O-])c1cnn(-c2ccc([N+](=O)[O-])cc2)c1C(F)(F)F. The number of hydrazine groups is 1. The first-order chi connectivity index (χ1) is 18.5. The molecule has 204 valence electrons. The molecular weight excluding hydrogens is 549 g/mol. The van der Waals surface area contributed by atoms with Crippen molar-refractivity contribution in [2.45, 2.75) is 30.1 Å². The van der Waals surface area contributed by atoms with Crippen LogP contribution in [0.25, 0.3) is 5.69 Å². The molecule has 4 rings (SSSR count). The summed E-state index contributed by atoms with van der Waals surface area (Å²) in [7, 11) is 0. The molecule has 0 spiro atoms. The topological polar surface area (TPSA) is 178 Å². The fourth-order valence-corrected chi connectivity index (χ4v) is 4.90. The molecule has 0 aliphatic carbocycles. The highest BCUT2D eigenvalue weighted by atomic mass is 32.2. The lowest BCUT2D eigenvalue weighted by Crippen LogP contribution is -2.49. The molecule has 0 bridgehead atoms. The van der Waals surface area contributed by atoms with Crippen molar-refractivity contribution in [3.8, 4) is 5.69 Å². The standard InChI is InChI=1S/C21H17F3N8O6S/c22-21(23,24)17-14(11-26-30(17)12-5-7-13(8-6-12)31(35)36)18(33)27-28-19(34)15-4-2-10-29(15)39-20-16(32(37)38)3-1-9-25-20/h1,3,5-9,11,15H,2,4,10H2,(H,27,33)(H,28,34). The lowest BCUT2D eigenvalue weighted by atomic mass is 10.2. The number of nitrogens with zero attached hydrogens (tertiary/aromatic N) is 6.